The van der Waals surface area contributed by atoms with Gasteiger partial charge in [-0.05, 0) is 56.0 Å². The molecule has 1 fully saturated rings. The van der Waals surface area contributed by atoms with Crippen LogP contribution in [0, 0.1) is 23.5 Å². The summed E-state index contributed by atoms with van der Waals surface area (Å²) in [4.78, 5) is 16.9. The van der Waals surface area contributed by atoms with Gasteiger partial charge in [0.15, 0.2) is 5.82 Å². The van der Waals surface area contributed by atoms with Gasteiger partial charge in [0.25, 0.3) is 10.0 Å². The van der Waals surface area contributed by atoms with Gasteiger partial charge in [0.1, 0.15) is 10.7 Å². The number of halogens is 7. The average Bonchev–Trinajstić information content (AvgIpc) is 2.93. The van der Waals surface area contributed by atoms with E-state index in [4.69, 9.17) is 33.1 Å². The molecule has 0 unspecified atom stereocenters. The second-order valence-electron chi connectivity index (χ2n) is 8.96. The van der Waals surface area contributed by atoms with E-state index in [0.29, 0.717) is 24.4 Å². The largest absolute Gasteiger partial charge is 0.490 e. The number of aliphatic hydroxyl groups is 1. The van der Waals surface area contributed by atoms with E-state index in [1.165, 1.54) is 24.5 Å². The molecule has 4 rings (SSSR count). The number of carboxylic acid groups (broad SMARTS) is 1. The van der Waals surface area contributed by atoms with Crippen LogP contribution in [0.25, 0.3) is 0 Å². The van der Waals surface area contributed by atoms with Gasteiger partial charge in [-0.1, -0.05) is 35.0 Å². The zero-order valence-corrected chi connectivity index (χ0v) is 23.9. The number of hydrogen-bond donors (Lipinski definition) is 4. The molecule has 1 aliphatic rings. The molecule has 9 nitrogen and oxygen atoms in total. The molecule has 0 amide bonds. The summed E-state index contributed by atoms with van der Waals surface area (Å²) in [7, 11) is -4.32. The van der Waals surface area contributed by atoms with Crippen LogP contribution < -0.4 is 10.0 Å². The summed E-state index contributed by atoms with van der Waals surface area (Å²) in [6, 6.07) is 5.81. The number of aliphatic carboxylic acids is 1. The van der Waals surface area contributed by atoms with Gasteiger partial charge in [-0.15, -0.1) is 0 Å². The summed E-state index contributed by atoms with van der Waals surface area (Å²) in [5, 5.41) is 19.9. The summed E-state index contributed by atoms with van der Waals surface area (Å²) >= 11 is 11.8. The van der Waals surface area contributed by atoms with E-state index in [0.717, 1.165) is 31.0 Å². The van der Waals surface area contributed by atoms with Crippen molar-refractivity contribution in [2.45, 2.75) is 48.9 Å². The highest BCUT2D eigenvalue weighted by atomic mass is 35.5. The first-order valence-electron chi connectivity index (χ1n) is 12.1. The Kier molecular flexibility index (Phi) is 11.1. The molecule has 3 aromatic rings. The number of alkyl halides is 3. The fourth-order valence-corrected chi connectivity index (χ4v) is 5.46. The number of rotatable bonds is 5. The predicted molar refractivity (Wildman–Crippen MR) is 147 cm³/mol. The molecule has 4 N–H and O–H groups in total. The lowest BCUT2D eigenvalue weighted by Gasteiger charge is -2.25. The van der Waals surface area contributed by atoms with Gasteiger partial charge in [0.2, 0.25) is 5.95 Å². The minimum atomic E-state index is -5.08. The van der Waals surface area contributed by atoms with Crippen molar-refractivity contribution in [1.82, 2.24) is 9.97 Å². The van der Waals surface area contributed by atoms with Crippen LogP contribution in [0.3, 0.4) is 0 Å². The fourth-order valence-electron chi connectivity index (χ4n) is 3.63. The van der Waals surface area contributed by atoms with Crippen LogP contribution in [0.15, 0.2) is 47.6 Å². The number of carbonyl (C=O) groups is 1. The summed E-state index contributed by atoms with van der Waals surface area (Å²) < 4.78 is 88.6. The van der Waals surface area contributed by atoms with Crippen molar-refractivity contribution < 1.29 is 45.4 Å². The Morgan fingerprint density at radius 3 is 2.19 bits per heavy atom. The van der Waals surface area contributed by atoms with Gasteiger partial charge < -0.3 is 15.5 Å². The van der Waals surface area contributed by atoms with Crippen molar-refractivity contribution >= 4 is 50.8 Å². The Bertz CT molecular complexity index is 1640. The van der Waals surface area contributed by atoms with Gasteiger partial charge in [-0.3, -0.25) is 4.72 Å². The van der Waals surface area contributed by atoms with Gasteiger partial charge >= 0.3 is 12.1 Å². The van der Waals surface area contributed by atoms with Crippen LogP contribution >= 0.6 is 23.2 Å². The predicted octanol–water partition coefficient (Wildman–Crippen LogP) is 5.61. The summed E-state index contributed by atoms with van der Waals surface area (Å²) in [6.07, 6.45) is 0.473. The van der Waals surface area contributed by atoms with E-state index in [9.17, 15) is 31.1 Å². The van der Waals surface area contributed by atoms with Crippen molar-refractivity contribution in [2.24, 2.45) is 0 Å². The van der Waals surface area contributed by atoms with E-state index in [2.05, 4.69) is 31.8 Å². The molecule has 1 aliphatic carbocycles. The minimum Gasteiger partial charge on any atom is -0.475 e. The maximum atomic E-state index is 15.0. The van der Waals surface area contributed by atoms with Crippen LogP contribution in [0.1, 0.15) is 36.8 Å². The third-order valence-corrected chi connectivity index (χ3v) is 7.86. The molecular formula is C26H21Cl2F5N4O5S. The third-order valence-electron chi connectivity index (χ3n) is 5.77. The molecule has 0 bridgehead atoms. The van der Waals surface area contributed by atoms with Gasteiger partial charge in [0, 0.05) is 23.5 Å². The fraction of sp³-hybridized carbons (Fsp3) is 0.269. The number of hydrogen-bond acceptors (Lipinski definition) is 7. The Hall–Kier alpha value is -3.71. The summed E-state index contributed by atoms with van der Waals surface area (Å²) in [5.74, 6) is 0.431. The number of nitrogens with zero attached hydrogens (tertiary/aromatic N) is 2. The van der Waals surface area contributed by atoms with E-state index in [1.807, 2.05) is 0 Å². The highest BCUT2D eigenvalue weighted by Crippen LogP contribution is 2.29. The van der Waals surface area contributed by atoms with Crippen molar-refractivity contribution in [2.75, 3.05) is 10.0 Å². The number of nitrogens with one attached hydrogen (secondary N) is 2. The molecule has 43 heavy (non-hydrogen) atoms. The molecule has 0 spiro atoms. The molecule has 0 aliphatic heterocycles. The molecule has 0 atom stereocenters. The maximum absolute atomic E-state index is 15.0. The third kappa shape index (κ3) is 9.65. The number of anilines is 2. The van der Waals surface area contributed by atoms with E-state index < -0.39 is 45.1 Å². The van der Waals surface area contributed by atoms with Gasteiger partial charge in [-0.25, -0.2) is 32.0 Å². The molecule has 1 saturated carbocycles. The number of aliphatic hydroxyl groups excluding tert-OH is 1. The van der Waals surface area contributed by atoms with E-state index in [1.54, 1.807) is 0 Å². The highest BCUT2D eigenvalue weighted by molar-refractivity contribution is 7.92. The Morgan fingerprint density at radius 2 is 1.60 bits per heavy atom. The molecular weight excluding hydrogens is 646 g/mol. The number of carboxylic acids is 1. The van der Waals surface area contributed by atoms with Crippen molar-refractivity contribution in [3.8, 4) is 11.8 Å². The van der Waals surface area contributed by atoms with Gasteiger partial charge in [0.05, 0.1) is 27.9 Å². The molecule has 1 heterocycles. The quantitative estimate of drug-likeness (QED) is 0.203. The Labute approximate surface area is 252 Å². The van der Waals surface area contributed by atoms with Crippen LogP contribution in [-0.4, -0.2) is 52.9 Å². The van der Waals surface area contributed by atoms with Crippen LogP contribution in [0.4, 0.5) is 33.6 Å². The minimum absolute atomic E-state index is 0.117. The lowest BCUT2D eigenvalue weighted by molar-refractivity contribution is -0.192. The van der Waals surface area contributed by atoms with E-state index >= 15 is 4.39 Å². The highest BCUT2D eigenvalue weighted by Gasteiger charge is 2.38. The van der Waals surface area contributed by atoms with Crippen molar-refractivity contribution in [3.63, 3.8) is 0 Å². The van der Waals surface area contributed by atoms with Crippen LogP contribution in [0.5, 0.6) is 0 Å². The topological polar surface area (TPSA) is 142 Å². The monoisotopic (exact) mass is 666 g/mol. The number of sulfonamides is 1. The second kappa shape index (κ2) is 14.2. The smallest absolute Gasteiger partial charge is 0.475 e. The summed E-state index contributed by atoms with van der Waals surface area (Å²) in [5.41, 5.74) is -0.837. The first-order chi connectivity index (χ1) is 20.1. The molecule has 0 saturated heterocycles. The Morgan fingerprint density at radius 1 is 1.00 bits per heavy atom. The van der Waals surface area contributed by atoms with Crippen LogP contribution in [-0.2, 0) is 14.8 Å². The lowest BCUT2D eigenvalue weighted by Crippen LogP contribution is -2.28. The average molecular weight is 667 g/mol. The van der Waals surface area contributed by atoms with E-state index in [-0.39, 0.29) is 27.1 Å². The first-order valence-corrected chi connectivity index (χ1v) is 14.4. The molecule has 1 aromatic heterocycles. The number of aromatic nitrogens is 2. The first kappa shape index (κ1) is 33.8. The SMILES string of the molecule is O=C(O)C(F)(F)F.O=S(=O)(Nc1ccc(F)c(C#Cc2cnc(N[C@H]3CC[C@H](O)CC3)nc2)c1F)c1cc(Cl)ccc1Cl. The molecule has 17 heteroatoms. The number of benzene rings is 2. The summed E-state index contributed by atoms with van der Waals surface area (Å²) in [6.45, 7) is 0. The second-order valence-corrected chi connectivity index (χ2v) is 11.5. The van der Waals surface area contributed by atoms with Crippen molar-refractivity contribution in [3.05, 3.63) is 75.5 Å². The zero-order valence-electron chi connectivity index (χ0n) is 21.6. The molecule has 230 valence electrons. The van der Waals surface area contributed by atoms with Gasteiger partial charge in [-0.2, -0.15) is 13.2 Å². The lowest BCUT2D eigenvalue weighted by atomic mass is 9.93. The molecule has 2 aromatic carbocycles. The standard InChI is InChI=1S/C24H20Cl2F2N4O3S.C2HF3O2/c25-15-2-8-19(26)22(11-15)36(34,35)32-21-10-9-20(27)18(23(21)28)7-1-14-12-29-24(30-13-14)31-16-3-5-17(33)6-4-16;3-2(4,5)1(6)7/h2,8-13,16-17,32-33H,3-6H2,(H,29,30,31);(H,6,7)/t16-,17-;. The molecule has 0 radical (unpaired) electrons. The maximum Gasteiger partial charge on any atom is 0.490 e. The van der Waals surface area contributed by atoms with Crippen molar-refractivity contribution in [1.29, 1.82) is 0 Å². The van der Waals surface area contributed by atoms with Crippen LogP contribution in [0.2, 0.25) is 10.0 Å². The zero-order chi connectivity index (χ0) is 31.9. The Balaban J connectivity index is 0.000000646. The normalized spacial score (nSPS) is 16.7.